The van der Waals surface area contributed by atoms with Gasteiger partial charge in [-0.05, 0) is 43.4 Å². The lowest BCUT2D eigenvalue weighted by Gasteiger charge is -2.09. The van der Waals surface area contributed by atoms with Crippen LogP contribution in [0.5, 0.6) is 0 Å². The first-order valence-corrected chi connectivity index (χ1v) is 7.19. The fraction of sp³-hybridized carbons (Fsp3) is 0.692. The first-order valence-electron chi connectivity index (χ1n) is 6.40. The van der Waals surface area contributed by atoms with E-state index in [-0.39, 0.29) is 5.78 Å². The minimum absolute atomic E-state index is 0.265. The van der Waals surface area contributed by atoms with Crippen LogP contribution in [0.3, 0.4) is 0 Å². The average molecular weight is 316 g/mol. The van der Waals surface area contributed by atoms with E-state index in [1.165, 1.54) is 0 Å². The molecule has 0 fully saturated rings. The molecule has 0 aromatic carbocycles. The monoisotopic (exact) mass is 315 g/mol. The highest BCUT2D eigenvalue weighted by Crippen LogP contribution is 2.23. The summed E-state index contributed by atoms with van der Waals surface area (Å²) < 4.78 is 2.93. The summed E-state index contributed by atoms with van der Waals surface area (Å²) in [6.07, 6.45) is 1.94. The molecule has 0 aliphatic rings. The highest BCUT2D eigenvalue weighted by molar-refractivity contribution is 9.10. The van der Waals surface area contributed by atoms with Crippen molar-refractivity contribution < 1.29 is 4.79 Å². The maximum absolute atomic E-state index is 11.9. The van der Waals surface area contributed by atoms with Crippen molar-refractivity contribution in [1.82, 2.24) is 14.7 Å². The third-order valence-corrected chi connectivity index (χ3v) is 3.81. The van der Waals surface area contributed by atoms with E-state index in [4.69, 9.17) is 0 Å². The molecule has 1 aromatic rings. The third kappa shape index (κ3) is 3.92. The zero-order valence-corrected chi connectivity index (χ0v) is 13.2. The lowest BCUT2D eigenvalue weighted by Crippen LogP contribution is -2.18. The number of carbonyl (C=O) groups excluding carboxylic acids is 1. The lowest BCUT2D eigenvalue weighted by molar-refractivity contribution is -0.118. The van der Waals surface area contributed by atoms with E-state index in [0.29, 0.717) is 12.8 Å². The molecule has 0 N–H and O–H groups in total. The summed E-state index contributed by atoms with van der Waals surface area (Å²) in [7, 11) is 3.96. The highest BCUT2D eigenvalue weighted by Gasteiger charge is 2.16. The van der Waals surface area contributed by atoms with Gasteiger partial charge in [-0.25, -0.2) is 0 Å². The maximum Gasteiger partial charge on any atom is 0.140 e. The Balaban J connectivity index is 2.77. The van der Waals surface area contributed by atoms with Crippen LogP contribution >= 0.6 is 15.9 Å². The molecule has 0 atom stereocenters. The van der Waals surface area contributed by atoms with Crippen molar-refractivity contribution in [3.63, 3.8) is 0 Å². The first-order chi connectivity index (χ1) is 8.49. The van der Waals surface area contributed by atoms with Crippen molar-refractivity contribution in [3.8, 4) is 0 Å². The number of nitrogens with zero attached hydrogens (tertiary/aromatic N) is 3. The van der Waals surface area contributed by atoms with Gasteiger partial charge in [0.25, 0.3) is 0 Å². The predicted molar refractivity (Wildman–Crippen MR) is 76.9 cm³/mol. The second kappa shape index (κ2) is 7.04. The van der Waals surface area contributed by atoms with E-state index < -0.39 is 0 Å². The highest BCUT2D eigenvalue weighted by atomic mass is 79.9. The summed E-state index contributed by atoms with van der Waals surface area (Å²) in [5.74, 6) is 0.265. The van der Waals surface area contributed by atoms with Gasteiger partial charge in [0.2, 0.25) is 0 Å². The van der Waals surface area contributed by atoms with Crippen molar-refractivity contribution in [2.45, 2.75) is 39.7 Å². The zero-order valence-electron chi connectivity index (χ0n) is 11.7. The summed E-state index contributed by atoms with van der Waals surface area (Å²) in [6.45, 7) is 5.73. The number of rotatable bonds is 7. The van der Waals surface area contributed by atoms with Gasteiger partial charge in [-0.3, -0.25) is 9.48 Å². The van der Waals surface area contributed by atoms with Crippen LogP contribution < -0.4 is 0 Å². The molecule has 0 spiro atoms. The molecule has 102 valence electrons. The summed E-state index contributed by atoms with van der Waals surface area (Å²) in [4.78, 5) is 14.0. The van der Waals surface area contributed by atoms with Crippen LogP contribution in [0.15, 0.2) is 4.47 Å². The summed E-state index contributed by atoms with van der Waals surface area (Å²) in [5.41, 5.74) is 2.05. The molecule has 4 nitrogen and oxygen atoms in total. The summed E-state index contributed by atoms with van der Waals surface area (Å²) in [6, 6.07) is 0. The number of hydrogen-bond acceptors (Lipinski definition) is 3. The smallest absolute Gasteiger partial charge is 0.140 e. The van der Waals surface area contributed by atoms with Crippen LogP contribution in [0.2, 0.25) is 0 Å². The van der Waals surface area contributed by atoms with E-state index in [1.54, 1.807) is 0 Å². The molecule has 0 aliphatic heterocycles. The van der Waals surface area contributed by atoms with Crippen LogP contribution in [0.1, 0.15) is 31.7 Å². The molecule has 1 heterocycles. The molecule has 0 unspecified atom stereocenters. The van der Waals surface area contributed by atoms with E-state index in [1.807, 2.05) is 30.6 Å². The van der Waals surface area contributed by atoms with Crippen LogP contribution in [-0.4, -0.2) is 41.1 Å². The SMILES string of the molecule is CCc1nn(CC)c(CC(=O)CCN(C)C)c1Br. The molecular formula is C13H22BrN3O. The topological polar surface area (TPSA) is 38.1 Å². The molecule has 0 saturated carbocycles. The second-order valence-corrected chi connectivity index (χ2v) is 5.44. The van der Waals surface area contributed by atoms with Gasteiger partial charge in [0.1, 0.15) is 5.78 Å². The van der Waals surface area contributed by atoms with Gasteiger partial charge < -0.3 is 4.90 Å². The zero-order chi connectivity index (χ0) is 13.7. The second-order valence-electron chi connectivity index (χ2n) is 4.65. The van der Waals surface area contributed by atoms with Gasteiger partial charge in [0, 0.05) is 25.9 Å². The Hall–Kier alpha value is -0.680. The molecule has 0 bridgehead atoms. The number of halogens is 1. The van der Waals surface area contributed by atoms with Crippen molar-refractivity contribution in [1.29, 1.82) is 0 Å². The van der Waals surface area contributed by atoms with E-state index in [0.717, 1.165) is 35.4 Å². The van der Waals surface area contributed by atoms with E-state index >= 15 is 0 Å². The Morgan fingerprint density at radius 2 is 2.06 bits per heavy atom. The van der Waals surface area contributed by atoms with E-state index in [2.05, 4.69) is 28.0 Å². The Labute approximate surface area is 117 Å². The maximum atomic E-state index is 11.9. The van der Waals surface area contributed by atoms with Gasteiger partial charge in [0.15, 0.2) is 0 Å². The average Bonchev–Trinajstić information content (AvgIpc) is 2.63. The third-order valence-electron chi connectivity index (χ3n) is 2.90. The fourth-order valence-electron chi connectivity index (χ4n) is 1.81. The molecular weight excluding hydrogens is 294 g/mol. The number of ketones is 1. The van der Waals surface area contributed by atoms with Crippen LogP contribution in [0.25, 0.3) is 0 Å². The van der Waals surface area contributed by atoms with Gasteiger partial charge in [-0.1, -0.05) is 6.92 Å². The first kappa shape index (κ1) is 15.4. The molecule has 1 rings (SSSR count). The number of aromatic nitrogens is 2. The van der Waals surface area contributed by atoms with Crippen molar-refractivity contribution in [2.24, 2.45) is 0 Å². The predicted octanol–water partition coefficient (Wildman–Crippen LogP) is 2.29. The summed E-state index contributed by atoms with van der Waals surface area (Å²) >= 11 is 3.57. The van der Waals surface area contributed by atoms with Gasteiger partial charge in [-0.15, -0.1) is 0 Å². The van der Waals surface area contributed by atoms with Crippen LogP contribution in [0.4, 0.5) is 0 Å². The Morgan fingerprint density at radius 1 is 1.39 bits per heavy atom. The normalized spacial score (nSPS) is 11.2. The van der Waals surface area contributed by atoms with Gasteiger partial charge in [0.05, 0.1) is 15.9 Å². The van der Waals surface area contributed by atoms with Gasteiger partial charge >= 0.3 is 0 Å². The lowest BCUT2D eigenvalue weighted by atomic mass is 10.1. The van der Waals surface area contributed by atoms with Crippen molar-refractivity contribution in [2.75, 3.05) is 20.6 Å². The fourth-order valence-corrected chi connectivity index (χ4v) is 2.51. The van der Waals surface area contributed by atoms with Crippen molar-refractivity contribution >= 4 is 21.7 Å². The largest absolute Gasteiger partial charge is 0.309 e. The number of carbonyl (C=O) groups is 1. The Morgan fingerprint density at radius 3 is 2.56 bits per heavy atom. The molecule has 5 heteroatoms. The van der Waals surface area contributed by atoms with Gasteiger partial charge in [-0.2, -0.15) is 5.10 Å². The van der Waals surface area contributed by atoms with Crippen LogP contribution in [0, 0.1) is 0 Å². The number of aryl methyl sites for hydroxylation is 2. The minimum atomic E-state index is 0.265. The molecule has 1 aromatic heterocycles. The van der Waals surface area contributed by atoms with E-state index in [9.17, 15) is 4.79 Å². The number of hydrogen-bond donors (Lipinski definition) is 0. The standard InChI is InChI=1S/C13H22BrN3O/c1-5-11-13(14)12(17(6-2)15-11)9-10(18)7-8-16(3)4/h5-9H2,1-4H3. The summed E-state index contributed by atoms with van der Waals surface area (Å²) in [5, 5.41) is 4.50. The molecule has 0 saturated heterocycles. The minimum Gasteiger partial charge on any atom is -0.309 e. The quantitative estimate of drug-likeness (QED) is 0.775. The van der Waals surface area contributed by atoms with Crippen LogP contribution in [-0.2, 0) is 24.2 Å². The van der Waals surface area contributed by atoms with Crippen molar-refractivity contribution in [3.05, 3.63) is 15.9 Å². The number of Topliss-reactive ketones (excluding diaryl/α,β-unsaturated/α-hetero) is 1. The molecule has 0 amide bonds. The molecule has 0 radical (unpaired) electrons. The Bertz CT molecular complexity index is 413. The Kier molecular flexibility index (Phi) is 6.02. The molecule has 0 aliphatic carbocycles. The molecule has 18 heavy (non-hydrogen) atoms.